The number of nitrogens with one attached hydrogen (secondary N) is 1. The minimum atomic E-state index is -0.620. The highest BCUT2D eigenvalue weighted by atomic mass is 35.5. The fraction of sp³-hybridized carbons (Fsp3) is 0.0800. The van der Waals surface area contributed by atoms with E-state index in [9.17, 15) is 14.9 Å². The Balaban J connectivity index is 1.47. The van der Waals surface area contributed by atoms with Crippen LogP contribution in [-0.2, 0) is 6.61 Å². The van der Waals surface area contributed by atoms with E-state index in [1.807, 2.05) is 19.1 Å². The molecule has 0 radical (unpaired) electrons. The number of benzene rings is 3. The molecule has 0 saturated heterocycles. The van der Waals surface area contributed by atoms with Crippen LogP contribution in [0.15, 0.2) is 71.1 Å². The highest BCUT2D eigenvalue weighted by Crippen LogP contribution is 2.36. The summed E-state index contributed by atoms with van der Waals surface area (Å²) in [5.74, 6) is 0.580. The molecule has 0 aliphatic heterocycles. The zero-order chi connectivity index (χ0) is 25.8. The van der Waals surface area contributed by atoms with Crippen LogP contribution in [0.1, 0.15) is 21.9 Å². The molecular weight excluding hydrogens is 531 g/mol. The van der Waals surface area contributed by atoms with Crippen molar-refractivity contribution in [3.8, 4) is 17.2 Å². The number of nitro groups is 1. The van der Waals surface area contributed by atoms with E-state index >= 15 is 0 Å². The summed E-state index contributed by atoms with van der Waals surface area (Å²) in [5, 5.41) is 14.8. The van der Waals surface area contributed by atoms with E-state index in [0.29, 0.717) is 16.5 Å². The van der Waals surface area contributed by atoms with Gasteiger partial charge in [-0.1, -0.05) is 52.5 Å². The summed E-state index contributed by atoms with van der Waals surface area (Å²) in [4.78, 5) is 23.5. The van der Waals surface area contributed by atoms with E-state index in [2.05, 4.69) is 5.32 Å². The van der Waals surface area contributed by atoms with Crippen LogP contribution in [0.25, 0.3) is 0 Å². The lowest BCUT2D eigenvalue weighted by molar-refractivity contribution is -0.384. The molecule has 0 aliphatic carbocycles. The quantitative estimate of drug-likeness (QED) is 0.177. The van der Waals surface area contributed by atoms with Crippen molar-refractivity contribution in [3.63, 3.8) is 0 Å². The highest BCUT2D eigenvalue weighted by Gasteiger charge is 2.17. The van der Waals surface area contributed by atoms with Crippen LogP contribution < -0.4 is 14.8 Å². The largest absolute Gasteiger partial charge is 0.483 e. The molecule has 0 bridgehead atoms. The van der Waals surface area contributed by atoms with Gasteiger partial charge in [-0.2, -0.15) is 0 Å². The SMILES string of the molecule is Cc1ccc(Oc2cc(NC(=O)c3ccc(COc4c(Cl)cc(Cl)cc4Cl)o3)cc([N+](=O)[O-])c2)cc1. The summed E-state index contributed by atoms with van der Waals surface area (Å²) in [6, 6.07) is 17.1. The van der Waals surface area contributed by atoms with Crippen molar-refractivity contribution in [2.45, 2.75) is 13.5 Å². The number of nitro benzene ring substituents is 1. The Bertz CT molecular complexity index is 1410. The maximum atomic E-state index is 12.7. The molecule has 0 atom stereocenters. The van der Waals surface area contributed by atoms with Crippen LogP contribution in [0.5, 0.6) is 17.2 Å². The Labute approximate surface area is 220 Å². The average molecular weight is 548 g/mol. The standard InChI is InChI=1S/C25H17Cl3N2O6/c1-14-2-4-18(5-3-14)35-20-11-16(10-17(12-20)30(32)33)29-25(31)23-7-6-19(36-23)13-34-24-21(27)8-15(26)9-22(24)28/h2-12H,13H2,1H3,(H,29,31). The number of carbonyl (C=O) groups excluding carboxylic acids is 1. The predicted octanol–water partition coefficient (Wildman–Crippen LogP) is 8.08. The van der Waals surface area contributed by atoms with Crippen LogP contribution in [0.2, 0.25) is 15.1 Å². The van der Waals surface area contributed by atoms with E-state index in [-0.39, 0.29) is 45.3 Å². The van der Waals surface area contributed by atoms with Gasteiger partial charge in [0.2, 0.25) is 0 Å². The van der Waals surface area contributed by atoms with Gasteiger partial charge in [0.25, 0.3) is 11.6 Å². The number of non-ortho nitro benzene ring substituents is 1. The van der Waals surface area contributed by atoms with E-state index in [1.165, 1.54) is 36.4 Å². The molecule has 0 fully saturated rings. The van der Waals surface area contributed by atoms with Gasteiger partial charge in [-0.05, 0) is 43.3 Å². The summed E-state index contributed by atoms with van der Waals surface area (Å²) in [6.45, 7) is 1.87. The topological polar surface area (TPSA) is 104 Å². The van der Waals surface area contributed by atoms with Gasteiger partial charge in [0.05, 0.1) is 26.7 Å². The van der Waals surface area contributed by atoms with E-state index in [4.69, 9.17) is 48.7 Å². The first-order chi connectivity index (χ1) is 17.2. The number of hydrogen-bond acceptors (Lipinski definition) is 6. The van der Waals surface area contributed by atoms with Crippen molar-refractivity contribution in [1.82, 2.24) is 0 Å². The minimum absolute atomic E-state index is 0.0330. The van der Waals surface area contributed by atoms with E-state index < -0.39 is 10.8 Å². The Morgan fingerprint density at radius 2 is 1.67 bits per heavy atom. The van der Waals surface area contributed by atoms with Crippen LogP contribution in [0.4, 0.5) is 11.4 Å². The van der Waals surface area contributed by atoms with E-state index in [1.54, 1.807) is 18.2 Å². The Hall–Kier alpha value is -3.72. The van der Waals surface area contributed by atoms with Crippen molar-refractivity contribution >= 4 is 52.1 Å². The van der Waals surface area contributed by atoms with Gasteiger partial charge in [-0.3, -0.25) is 14.9 Å². The zero-order valence-electron chi connectivity index (χ0n) is 18.6. The van der Waals surface area contributed by atoms with Crippen molar-refractivity contribution in [2.75, 3.05) is 5.32 Å². The lowest BCUT2D eigenvalue weighted by atomic mass is 10.2. The van der Waals surface area contributed by atoms with Crippen LogP contribution in [0.3, 0.4) is 0 Å². The van der Waals surface area contributed by atoms with Gasteiger partial charge < -0.3 is 19.2 Å². The summed E-state index contributed by atoms with van der Waals surface area (Å²) >= 11 is 18.1. The molecule has 0 unspecified atom stereocenters. The smallest absolute Gasteiger partial charge is 0.291 e. The normalized spacial score (nSPS) is 10.7. The molecule has 8 nitrogen and oxygen atoms in total. The number of nitrogens with zero attached hydrogens (tertiary/aromatic N) is 1. The monoisotopic (exact) mass is 546 g/mol. The molecule has 4 rings (SSSR count). The highest BCUT2D eigenvalue weighted by molar-refractivity contribution is 6.40. The summed E-state index contributed by atoms with van der Waals surface area (Å²) in [6.07, 6.45) is 0. The van der Waals surface area contributed by atoms with Crippen LogP contribution in [-0.4, -0.2) is 10.8 Å². The van der Waals surface area contributed by atoms with Gasteiger partial charge >= 0.3 is 0 Å². The number of aryl methyl sites for hydroxylation is 1. The Morgan fingerprint density at radius 1 is 0.972 bits per heavy atom. The molecule has 0 spiro atoms. The van der Waals surface area contributed by atoms with Crippen molar-refractivity contribution < 1.29 is 23.6 Å². The second kappa shape index (κ2) is 10.9. The maximum Gasteiger partial charge on any atom is 0.291 e. The van der Waals surface area contributed by atoms with Crippen molar-refractivity contribution in [3.05, 3.63) is 109 Å². The van der Waals surface area contributed by atoms with Gasteiger partial charge in [-0.25, -0.2) is 0 Å². The molecule has 0 aliphatic rings. The number of hydrogen-bond donors (Lipinski definition) is 1. The summed E-state index contributed by atoms with van der Waals surface area (Å²) < 4.78 is 16.9. The summed E-state index contributed by atoms with van der Waals surface area (Å²) in [7, 11) is 0. The van der Waals surface area contributed by atoms with Gasteiger partial charge in [-0.15, -0.1) is 0 Å². The first-order valence-corrected chi connectivity index (χ1v) is 11.5. The van der Waals surface area contributed by atoms with Crippen LogP contribution >= 0.6 is 34.8 Å². The number of anilines is 1. The summed E-state index contributed by atoms with van der Waals surface area (Å²) in [5.41, 5.74) is 0.947. The van der Waals surface area contributed by atoms with E-state index in [0.717, 1.165) is 5.56 Å². The second-order valence-corrected chi connectivity index (χ2v) is 8.85. The number of furan rings is 1. The molecule has 3 aromatic carbocycles. The Morgan fingerprint density at radius 3 is 2.33 bits per heavy atom. The number of carbonyl (C=O) groups is 1. The van der Waals surface area contributed by atoms with Gasteiger partial charge in [0.1, 0.15) is 23.9 Å². The molecule has 1 N–H and O–H groups in total. The zero-order valence-corrected chi connectivity index (χ0v) is 20.9. The third-order valence-electron chi connectivity index (χ3n) is 4.82. The second-order valence-electron chi connectivity index (χ2n) is 7.60. The Kier molecular flexibility index (Phi) is 7.69. The van der Waals surface area contributed by atoms with Crippen LogP contribution in [0, 0.1) is 17.0 Å². The first kappa shape index (κ1) is 25.4. The number of halogens is 3. The molecule has 36 heavy (non-hydrogen) atoms. The maximum absolute atomic E-state index is 12.7. The lowest BCUT2D eigenvalue weighted by Gasteiger charge is -2.10. The fourth-order valence-corrected chi connectivity index (χ4v) is 4.07. The fourth-order valence-electron chi connectivity index (χ4n) is 3.14. The van der Waals surface area contributed by atoms with Gasteiger partial charge in [0.15, 0.2) is 11.5 Å². The third-order valence-corrected chi connectivity index (χ3v) is 5.60. The number of amides is 1. The molecule has 1 aromatic heterocycles. The van der Waals surface area contributed by atoms with Gasteiger partial charge in [0, 0.05) is 17.2 Å². The average Bonchev–Trinajstić information content (AvgIpc) is 3.29. The van der Waals surface area contributed by atoms with Crippen molar-refractivity contribution in [2.24, 2.45) is 0 Å². The molecular formula is C25H17Cl3N2O6. The molecule has 0 saturated carbocycles. The number of rotatable bonds is 8. The molecule has 184 valence electrons. The predicted molar refractivity (Wildman–Crippen MR) is 137 cm³/mol. The lowest BCUT2D eigenvalue weighted by Crippen LogP contribution is -2.11. The molecule has 1 heterocycles. The minimum Gasteiger partial charge on any atom is -0.483 e. The molecule has 1 amide bonds. The first-order valence-electron chi connectivity index (χ1n) is 10.4. The molecule has 4 aromatic rings. The number of ether oxygens (including phenoxy) is 2. The van der Waals surface area contributed by atoms with Crippen molar-refractivity contribution in [1.29, 1.82) is 0 Å². The third kappa shape index (κ3) is 6.28. The molecule has 11 heteroatoms.